The van der Waals surface area contributed by atoms with Crippen LogP contribution in [0.3, 0.4) is 0 Å². The Balaban J connectivity index is 1.73. The van der Waals surface area contributed by atoms with Crippen molar-refractivity contribution in [3.8, 4) is 0 Å². The van der Waals surface area contributed by atoms with Crippen LogP contribution >= 0.6 is 0 Å². The number of aryl methyl sites for hydroxylation is 1. The number of esters is 1. The van der Waals surface area contributed by atoms with Gasteiger partial charge in [0.25, 0.3) is 0 Å². The number of rotatable bonds is 10. The molecule has 2 unspecified atom stereocenters. The van der Waals surface area contributed by atoms with Gasteiger partial charge >= 0.3 is 5.97 Å². The van der Waals surface area contributed by atoms with Gasteiger partial charge in [-0.3, -0.25) is 4.79 Å². The highest BCUT2D eigenvalue weighted by atomic mass is 16.5. The number of cyclic esters (lactones) is 1. The average Bonchev–Trinajstić information content (AvgIpc) is 2.60. The van der Waals surface area contributed by atoms with Crippen LogP contribution in [0.25, 0.3) is 0 Å². The SMILES string of the molecule is CCCCCCCCC1CCC(c2ccc(CCC)cc2)OC1=O. The average molecular weight is 331 g/mol. The highest BCUT2D eigenvalue weighted by molar-refractivity contribution is 5.73. The van der Waals surface area contributed by atoms with Crippen LogP contribution in [0.4, 0.5) is 0 Å². The molecule has 0 radical (unpaired) electrons. The molecule has 1 fully saturated rings. The second-order valence-corrected chi connectivity index (χ2v) is 7.25. The van der Waals surface area contributed by atoms with Gasteiger partial charge in [-0.05, 0) is 36.8 Å². The van der Waals surface area contributed by atoms with Gasteiger partial charge in [0.2, 0.25) is 0 Å². The predicted molar refractivity (Wildman–Crippen MR) is 100.0 cm³/mol. The zero-order chi connectivity index (χ0) is 17.2. The van der Waals surface area contributed by atoms with E-state index in [1.54, 1.807) is 0 Å². The Morgan fingerprint density at radius 2 is 1.62 bits per heavy atom. The van der Waals surface area contributed by atoms with Crippen molar-refractivity contribution >= 4 is 5.97 Å². The molecule has 1 saturated heterocycles. The first-order valence-electron chi connectivity index (χ1n) is 10.0. The summed E-state index contributed by atoms with van der Waals surface area (Å²) >= 11 is 0. The molecule has 24 heavy (non-hydrogen) atoms. The first-order chi connectivity index (χ1) is 11.7. The summed E-state index contributed by atoms with van der Waals surface area (Å²) in [4.78, 5) is 12.3. The lowest BCUT2D eigenvalue weighted by atomic mass is 9.90. The zero-order valence-corrected chi connectivity index (χ0v) is 15.6. The molecular weight excluding hydrogens is 296 g/mol. The lowest BCUT2D eigenvalue weighted by Crippen LogP contribution is -2.26. The predicted octanol–water partition coefficient (Wildman–Crippen LogP) is 6.38. The maximum Gasteiger partial charge on any atom is 0.309 e. The van der Waals surface area contributed by atoms with Gasteiger partial charge in [-0.2, -0.15) is 0 Å². The van der Waals surface area contributed by atoms with Crippen molar-refractivity contribution in [2.75, 3.05) is 0 Å². The summed E-state index contributed by atoms with van der Waals surface area (Å²) in [6.45, 7) is 4.44. The number of carbonyl (C=O) groups is 1. The van der Waals surface area contributed by atoms with Crippen LogP contribution in [-0.4, -0.2) is 5.97 Å². The molecule has 1 aliphatic rings. The molecule has 0 amide bonds. The van der Waals surface area contributed by atoms with Gasteiger partial charge in [0, 0.05) is 0 Å². The highest BCUT2D eigenvalue weighted by Crippen LogP contribution is 2.33. The van der Waals surface area contributed by atoms with Crippen molar-refractivity contribution in [1.29, 1.82) is 0 Å². The lowest BCUT2D eigenvalue weighted by Gasteiger charge is -2.28. The monoisotopic (exact) mass is 330 g/mol. The van der Waals surface area contributed by atoms with Gasteiger partial charge in [-0.15, -0.1) is 0 Å². The van der Waals surface area contributed by atoms with E-state index in [0.717, 1.165) is 37.7 Å². The second-order valence-electron chi connectivity index (χ2n) is 7.25. The molecule has 2 heteroatoms. The van der Waals surface area contributed by atoms with Gasteiger partial charge in [0.05, 0.1) is 5.92 Å². The van der Waals surface area contributed by atoms with Crippen molar-refractivity contribution in [2.45, 2.75) is 90.6 Å². The molecule has 2 rings (SSSR count). The van der Waals surface area contributed by atoms with E-state index in [0.29, 0.717) is 0 Å². The number of hydrogen-bond acceptors (Lipinski definition) is 2. The van der Waals surface area contributed by atoms with Crippen LogP contribution in [0, 0.1) is 5.92 Å². The van der Waals surface area contributed by atoms with E-state index in [4.69, 9.17) is 4.74 Å². The minimum absolute atomic E-state index is 0.0254. The van der Waals surface area contributed by atoms with Crippen LogP contribution in [0.5, 0.6) is 0 Å². The normalized spacial score (nSPS) is 20.8. The van der Waals surface area contributed by atoms with E-state index in [-0.39, 0.29) is 18.0 Å². The fourth-order valence-electron chi connectivity index (χ4n) is 3.62. The van der Waals surface area contributed by atoms with Crippen LogP contribution in [0.1, 0.15) is 95.3 Å². The molecule has 0 aliphatic carbocycles. The van der Waals surface area contributed by atoms with E-state index in [1.165, 1.54) is 44.1 Å². The zero-order valence-electron chi connectivity index (χ0n) is 15.6. The van der Waals surface area contributed by atoms with Crippen LogP contribution in [0.15, 0.2) is 24.3 Å². The summed E-state index contributed by atoms with van der Waals surface area (Å²) in [6.07, 6.45) is 12.9. The molecule has 0 saturated carbocycles. The highest BCUT2D eigenvalue weighted by Gasteiger charge is 2.30. The van der Waals surface area contributed by atoms with Crippen molar-refractivity contribution < 1.29 is 9.53 Å². The van der Waals surface area contributed by atoms with E-state index in [9.17, 15) is 4.79 Å². The molecule has 1 heterocycles. The summed E-state index contributed by atoms with van der Waals surface area (Å²) in [7, 11) is 0. The summed E-state index contributed by atoms with van der Waals surface area (Å²) in [6, 6.07) is 8.62. The lowest BCUT2D eigenvalue weighted by molar-refractivity contribution is -0.161. The smallest absolute Gasteiger partial charge is 0.309 e. The van der Waals surface area contributed by atoms with Gasteiger partial charge in [0.15, 0.2) is 0 Å². The van der Waals surface area contributed by atoms with E-state index in [1.807, 2.05) is 0 Å². The third-order valence-corrected chi connectivity index (χ3v) is 5.17. The molecule has 1 aromatic carbocycles. The fourth-order valence-corrected chi connectivity index (χ4v) is 3.62. The summed E-state index contributed by atoms with van der Waals surface area (Å²) in [5.74, 6) is 0.157. The topological polar surface area (TPSA) is 26.3 Å². The van der Waals surface area contributed by atoms with E-state index < -0.39 is 0 Å². The summed E-state index contributed by atoms with van der Waals surface area (Å²) in [5, 5.41) is 0. The van der Waals surface area contributed by atoms with Gasteiger partial charge < -0.3 is 4.74 Å². The van der Waals surface area contributed by atoms with Crippen molar-refractivity contribution in [3.63, 3.8) is 0 Å². The number of unbranched alkanes of at least 4 members (excludes halogenated alkanes) is 5. The molecule has 1 aliphatic heterocycles. The Kier molecular flexibility index (Phi) is 8.35. The second kappa shape index (κ2) is 10.5. The summed E-state index contributed by atoms with van der Waals surface area (Å²) in [5.41, 5.74) is 2.52. The Morgan fingerprint density at radius 1 is 0.917 bits per heavy atom. The Hall–Kier alpha value is -1.31. The molecule has 2 nitrogen and oxygen atoms in total. The molecule has 1 aromatic rings. The third-order valence-electron chi connectivity index (χ3n) is 5.17. The Morgan fingerprint density at radius 3 is 2.29 bits per heavy atom. The van der Waals surface area contributed by atoms with Crippen LogP contribution in [0.2, 0.25) is 0 Å². The molecule has 0 aromatic heterocycles. The number of ether oxygens (including phenoxy) is 1. The maximum absolute atomic E-state index is 12.3. The molecule has 134 valence electrons. The van der Waals surface area contributed by atoms with Crippen LogP contribution < -0.4 is 0 Å². The quantitative estimate of drug-likeness (QED) is 0.367. The molecule has 0 N–H and O–H groups in total. The fraction of sp³-hybridized carbons (Fsp3) is 0.682. The number of carbonyl (C=O) groups excluding carboxylic acids is 1. The first-order valence-corrected chi connectivity index (χ1v) is 10.0. The number of hydrogen-bond donors (Lipinski definition) is 0. The first kappa shape index (κ1) is 19.0. The molecule has 2 atom stereocenters. The van der Waals surface area contributed by atoms with Crippen molar-refractivity contribution in [2.24, 2.45) is 5.92 Å². The molecule has 0 spiro atoms. The van der Waals surface area contributed by atoms with Gasteiger partial charge in [-0.1, -0.05) is 83.1 Å². The number of benzene rings is 1. The standard InChI is InChI=1S/C22H34O2/c1-3-5-6-7-8-9-11-20-16-17-21(24-22(20)23)19-14-12-18(10-4-2)13-15-19/h12-15,20-21H,3-11,16-17H2,1-2H3. The largest absolute Gasteiger partial charge is 0.457 e. The molecular formula is C22H34O2. The van der Waals surface area contributed by atoms with Crippen LogP contribution in [-0.2, 0) is 16.0 Å². The van der Waals surface area contributed by atoms with Crippen molar-refractivity contribution in [3.05, 3.63) is 35.4 Å². The minimum atomic E-state index is -0.0334. The Bertz CT molecular complexity index is 477. The maximum atomic E-state index is 12.3. The van der Waals surface area contributed by atoms with Gasteiger partial charge in [0.1, 0.15) is 6.10 Å². The molecule has 0 bridgehead atoms. The van der Waals surface area contributed by atoms with E-state index in [2.05, 4.69) is 38.1 Å². The summed E-state index contributed by atoms with van der Waals surface area (Å²) < 4.78 is 5.74. The Labute approximate surface area is 148 Å². The van der Waals surface area contributed by atoms with Gasteiger partial charge in [-0.25, -0.2) is 0 Å². The minimum Gasteiger partial charge on any atom is -0.457 e. The van der Waals surface area contributed by atoms with Crippen molar-refractivity contribution in [1.82, 2.24) is 0 Å². The third kappa shape index (κ3) is 5.96. The van der Waals surface area contributed by atoms with E-state index >= 15 is 0 Å².